The maximum atomic E-state index is 10.8. The lowest BCUT2D eigenvalue weighted by Gasteiger charge is -2.22. The highest BCUT2D eigenvalue weighted by molar-refractivity contribution is 5.87. The predicted octanol–water partition coefficient (Wildman–Crippen LogP) is 3.22. The molecule has 3 rings (SSSR count). The normalized spacial score (nSPS) is 31.9. The summed E-state index contributed by atoms with van der Waals surface area (Å²) >= 11 is 0. The Balaban J connectivity index is 1.88. The molecule has 0 amide bonds. The number of carboxylic acids is 1. The van der Waals surface area contributed by atoms with Gasteiger partial charge in [-0.15, -0.1) is 0 Å². The van der Waals surface area contributed by atoms with E-state index in [-0.39, 0.29) is 0 Å². The van der Waals surface area contributed by atoms with Crippen molar-refractivity contribution in [1.29, 1.82) is 0 Å². The van der Waals surface area contributed by atoms with Gasteiger partial charge in [0, 0.05) is 0 Å². The Labute approximate surface area is 95.3 Å². The van der Waals surface area contributed by atoms with Crippen LogP contribution in [0.4, 0.5) is 0 Å². The lowest BCUT2D eigenvalue weighted by Crippen LogP contribution is -2.14. The van der Waals surface area contributed by atoms with Crippen molar-refractivity contribution < 1.29 is 9.90 Å². The number of rotatable bonds is 2. The van der Waals surface area contributed by atoms with Gasteiger partial charge in [0.05, 0.1) is 5.56 Å². The van der Waals surface area contributed by atoms with E-state index in [4.69, 9.17) is 5.11 Å². The zero-order chi connectivity index (χ0) is 11.2. The Hall–Kier alpha value is -1.31. The maximum absolute atomic E-state index is 10.8. The first-order valence-electron chi connectivity index (χ1n) is 6.06. The van der Waals surface area contributed by atoms with Gasteiger partial charge in [-0.05, 0) is 48.3 Å². The lowest BCUT2D eigenvalue weighted by atomic mass is 9.82. The minimum absolute atomic E-state index is 0.396. The molecule has 2 unspecified atom stereocenters. The fourth-order valence-corrected chi connectivity index (χ4v) is 3.34. The molecule has 16 heavy (non-hydrogen) atoms. The second kappa shape index (κ2) is 3.34. The molecular formula is C14H16O2. The molecule has 2 nitrogen and oxygen atoms in total. The first-order chi connectivity index (χ1) is 7.72. The third kappa shape index (κ3) is 1.36. The van der Waals surface area contributed by atoms with Crippen molar-refractivity contribution in [2.75, 3.05) is 0 Å². The smallest absolute Gasteiger partial charge is 0.335 e. The summed E-state index contributed by atoms with van der Waals surface area (Å²) in [6, 6.07) is 7.54. The minimum atomic E-state index is -0.833. The van der Waals surface area contributed by atoms with E-state index in [1.54, 1.807) is 12.1 Å². The quantitative estimate of drug-likeness (QED) is 0.824. The number of benzene rings is 1. The molecule has 2 heteroatoms. The first kappa shape index (κ1) is 9.88. The highest BCUT2D eigenvalue weighted by Crippen LogP contribution is 2.62. The molecule has 2 aliphatic rings. The van der Waals surface area contributed by atoms with Gasteiger partial charge < -0.3 is 5.11 Å². The summed E-state index contributed by atoms with van der Waals surface area (Å²) in [5.74, 6) is 0.0389. The van der Waals surface area contributed by atoms with E-state index >= 15 is 0 Å². The molecule has 0 aromatic heterocycles. The summed E-state index contributed by atoms with van der Waals surface area (Å²) in [7, 11) is 0. The van der Waals surface area contributed by atoms with E-state index in [0.29, 0.717) is 11.0 Å². The van der Waals surface area contributed by atoms with Gasteiger partial charge in [0.2, 0.25) is 0 Å². The van der Waals surface area contributed by atoms with Gasteiger partial charge in [0.1, 0.15) is 0 Å². The fourth-order valence-electron chi connectivity index (χ4n) is 3.34. The van der Waals surface area contributed by atoms with Crippen LogP contribution in [0.25, 0.3) is 0 Å². The molecule has 2 fully saturated rings. The van der Waals surface area contributed by atoms with Crippen molar-refractivity contribution in [3.8, 4) is 0 Å². The third-order valence-corrected chi connectivity index (χ3v) is 4.36. The molecule has 0 radical (unpaired) electrons. The van der Waals surface area contributed by atoms with Crippen LogP contribution in [0.1, 0.15) is 48.0 Å². The molecular weight excluding hydrogens is 200 g/mol. The monoisotopic (exact) mass is 216 g/mol. The van der Waals surface area contributed by atoms with E-state index < -0.39 is 5.97 Å². The van der Waals surface area contributed by atoms with E-state index in [2.05, 4.69) is 0 Å². The van der Waals surface area contributed by atoms with Gasteiger partial charge in [-0.2, -0.15) is 0 Å². The van der Waals surface area contributed by atoms with Crippen molar-refractivity contribution in [1.82, 2.24) is 0 Å². The number of fused-ring (bicyclic) bond motifs is 1. The van der Waals surface area contributed by atoms with Gasteiger partial charge >= 0.3 is 5.97 Å². The van der Waals surface area contributed by atoms with Gasteiger partial charge in [-0.3, -0.25) is 0 Å². The van der Waals surface area contributed by atoms with E-state index in [1.165, 1.54) is 37.7 Å². The van der Waals surface area contributed by atoms with Gasteiger partial charge in [-0.1, -0.05) is 25.0 Å². The molecule has 1 aromatic rings. The second-order valence-corrected chi connectivity index (χ2v) is 5.19. The molecule has 84 valence electrons. The predicted molar refractivity (Wildman–Crippen MR) is 61.7 cm³/mol. The van der Waals surface area contributed by atoms with Crippen molar-refractivity contribution in [2.45, 2.75) is 37.5 Å². The molecule has 2 aliphatic carbocycles. The number of carboxylic acid groups (broad SMARTS) is 1. The van der Waals surface area contributed by atoms with Crippen LogP contribution in [-0.4, -0.2) is 11.1 Å². The third-order valence-electron chi connectivity index (χ3n) is 4.36. The maximum Gasteiger partial charge on any atom is 0.335 e. The molecule has 0 saturated heterocycles. The fraction of sp³-hybridized carbons (Fsp3) is 0.500. The molecule has 0 spiro atoms. The minimum Gasteiger partial charge on any atom is -0.478 e. The zero-order valence-corrected chi connectivity index (χ0v) is 9.28. The molecule has 2 atom stereocenters. The molecule has 0 bridgehead atoms. The summed E-state index contributed by atoms with van der Waals surface area (Å²) in [5.41, 5.74) is 2.19. The largest absolute Gasteiger partial charge is 0.478 e. The second-order valence-electron chi connectivity index (χ2n) is 5.19. The summed E-state index contributed by atoms with van der Waals surface area (Å²) in [6.45, 7) is 0. The van der Waals surface area contributed by atoms with Crippen molar-refractivity contribution in [3.63, 3.8) is 0 Å². The van der Waals surface area contributed by atoms with Crippen LogP contribution in [0.15, 0.2) is 24.3 Å². The number of carbonyl (C=O) groups is 1. The topological polar surface area (TPSA) is 37.3 Å². The number of aromatic carboxylic acids is 1. The number of hydrogen-bond donors (Lipinski definition) is 1. The SMILES string of the molecule is O=C(O)c1ccc(C23CCCCC2C3)cc1. The Morgan fingerprint density at radius 2 is 2.00 bits per heavy atom. The van der Waals surface area contributed by atoms with Crippen LogP contribution in [0, 0.1) is 5.92 Å². The Kier molecular flexibility index (Phi) is 2.06. The zero-order valence-electron chi connectivity index (χ0n) is 9.28. The van der Waals surface area contributed by atoms with Crippen LogP contribution >= 0.6 is 0 Å². The van der Waals surface area contributed by atoms with E-state index in [0.717, 1.165) is 5.92 Å². The van der Waals surface area contributed by atoms with Crippen molar-refractivity contribution >= 4 is 5.97 Å². The summed E-state index contributed by atoms with van der Waals surface area (Å²) in [4.78, 5) is 10.8. The first-order valence-corrected chi connectivity index (χ1v) is 6.06. The van der Waals surface area contributed by atoms with Crippen LogP contribution in [0.3, 0.4) is 0 Å². The van der Waals surface area contributed by atoms with Crippen LogP contribution in [0.2, 0.25) is 0 Å². The van der Waals surface area contributed by atoms with Crippen LogP contribution in [-0.2, 0) is 5.41 Å². The average Bonchev–Trinajstić information content (AvgIpc) is 3.04. The lowest BCUT2D eigenvalue weighted by molar-refractivity contribution is 0.0697. The molecule has 1 N–H and O–H groups in total. The van der Waals surface area contributed by atoms with Gasteiger partial charge in [0.15, 0.2) is 0 Å². The molecule has 0 aliphatic heterocycles. The standard InChI is InChI=1S/C14H16O2/c15-13(16)10-4-6-11(7-5-10)14-8-2-1-3-12(14)9-14/h4-7,12H,1-3,8-9H2,(H,15,16). The van der Waals surface area contributed by atoms with Gasteiger partial charge in [0.25, 0.3) is 0 Å². The highest BCUT2D eigenvalue weighted by atomic mass is 16.4. The van der Waals surface area contributed by atoms with Crippen LogP contribution < -0.4 is 0 Å². The van der Waals surface area contributed by atoms with Gasteiger partial charge in [-0.25, -0.2) is 4.79 Å². The molecule has 0 heterocycles. The Bertz CT molecular complexity index is 421. The molecule has 2 saturated carbocycles. The number of hydrogen-bond acceptors (Lipinski definition) is 1. The van der Waals surface area contributed by atoms with Crippen LogP contribution in [0.5, 0.6) is 0 Å². The summed E-state index contributed by atoms with van der Waals surface area (Å²) in [5, 5.41) is 8.86. The van der Waals surface area contributed by atoms with E-state index in [9.17, 15) is 4.79 Å². The Morgan fingerprint density at radius 3 is 2.62 bits per heavy atom. The summed E-state index contributed by atoms with van der Waals surface area (Å²) in [6.07, 6.45) is 6.68. The highest BCUT2D eigenvalue weighted by Gasteiger charge is 2.55. The van der Waals surface area contributed by atoms with Crippen molar-refractivity contribution in [2.24, 2.45) is 5.92 Å². The summed E-state index contributed by atoms with van der Waals surface area (Å²) < 4.78 is 0. The van der Waals surface area contributed by atoms with Crippen molar-refractivity contribution in [3.05, 3.63) is 35.4 Å². The average molecular weight is 216 g/mol. The Morgan fingerprint density at radius 1 is 1.25 bits per heavy atom. The molecule has 1 aromatic carbocycles. The van der Waals surface area contributed by atoms with E-state index in [1.807, 2.05) is 12.1 Å².